The Morgan fingerprint density at radius 3 is 2.77 bits per heavy atom. The zero-order chi connectivity index (χ0) is 21.7. The molecule has 5 rings (SSSR count). The fourth-order valence-corrected chi connectivity index (χ4v) is 4.39. The zero-order valence-corrected chi connectivity index (χ0v) is 17.9. The molecule has 2 bridgehead atoms. The lowest BCUT2D eigenvalue weighted by Gasteiger charge is -2.47. The SMILES string of the molecule is COCCCOc1ccc(C#CC2(O)CN3CCC2CC3)c(Cc2cccc(F)c2)n1. The van der Waals surface area contributed by atoms with Gasteiger partial charge in [-0.25, -0.2) is 9.37 Å². The predicted octanol–water partition coefficient (Wildman–Crippen LogP) is 3.04. The van der Waals surface area contributed by atoms with E-state index in [1.165, 1.54) is 12.1 Å². The van der Waals surface area contributed by atoms with E-state index in [9.17, 15) is 9.50 Å². The average molecular weight is 425 g/mol. The van der Waals surface area contributed by atoms with Gasteiger partial charge in [0.1, 0.15) is 11.4 Å². The molecule has 164 valence electrons. The smallest absolute Gasteiger partial charge is 0.213 e. The first-order chi connectivity index (χ1) is 15.1. The van der Waals surface area contributed by atoms with Crippen LogP contribution in [0.4, 0.5) is 4.39 Å². The van der Waals surface area contributed by atoms with Crippen LogP contribution in [0.3, 0.4) is 0 Å². The number of halogens is 1. The van der Waals surface area contributed by atoms with Crippen molar-refractivity contribution in [2.45, 2.75) is 31.3 Å². The summed E-state index contributed by atoms with van der Waals surface area (Å²) in [5.41, 5.74) is 1.28. The van der Waals surface area contributed by atoms with Gasteiger partial charge in [-0.15, -0.1) is 0 Å². The first-order valence-corrected chi connectivity index (χ1v) is 10.9. The number of pyridine rings is 1. The average Bonchev–Trinajstić information content (AvgIpc) is 2.77. The second kappa shape index (κ2) is 9.78. The summed E-state index contributed by atoms with van der Waals surface area (Å²) in [5.74, 6) is 6.79. The number of hydrogen-bond donors (Lipinski definition) is 1. The third kappa shape index (κ3) is 5.43. The van der Waals surface area contributed by atoms with E-state index in [0.29, 0.717) is 37.8 Å². The van der Waals surface area contributed by atoms with Crippen LogP contribution in [0.5, 0.6) is 5.88 Å². The minimum Gasteiger partial charge on any atom is -0.478 e. The lowest BCUT2D eigenvalue weighted by Crippen LogP contribution is -2.58. The van der Waals surface area contributed by atoms with Crippen LogP contribution >= 0.6 is 0 Å². The van der Waals surface area contributed by atoms with Crippen LogP contribution in [0.1, 0.15) is 36.1 Å². The van der Waals surface area contributed by atoms with Crippen LogP contribution in [0.2, 0.25) is 0 Å². The fourth-order valence-electron chi connectivity index (χ4n) is 4.39. The number of fused-ring (bicyclic) bond motifs is 3. The van der Waals surface area contributed by atoms with Gasteiger partial charge >= 0.3 is 0 Å². The number of ether oxygens (including phenoxy) is 2. The Balaban J connectivity index is 1.58. The van der Waals surface area contributed by atoms with Crippen molar-refractivity contribution in [1.29, 1.82) is 0 Å². The van der Waals surface area contributed by atoms with Crippen LogP contribution in [0.25, 0.3) is 0 Å². The van der Waals surface area contributed by atoms with Crippen molar-refractivity contribution in [3.63, 3.8) is 0 Å². The molecule has 1 unspecified atom stereocenters. The number of piperidine rings is 3. The summed E-state index contributed by atoms with van der Waals surface area (Å²) in [7, 11) is 1.66. The number of methoxy groups -OCH3 is 1. The molecule has 1 atom stereocenters. The summed E-state index contributed by atoms with van der Waals surface area (Å²) < 4.78 is 24.5. The van der Waals surface area contributed by atoms with Gasteiger partial charge in [0.25, 0.3) is 0 Å². The molecule has 5 nitrogen and oxygen atoms in total. The van der Waals surface area contributed by atoms with Crippen LogP contribution in [0, 0.1) is 23.6 Å². The molecule has 0 aliphatic carbocycles. The van der Waals surface area contributed by atoms with Crippen molar-refractivity contribution >= 4 is 0 Å². The van der Waals surface area contributed by atoms with E-state index in [2.05, 4.69) is 21.7 Å². The lowest BCUT2D eigenvalue weighted by molar-refractivity contribution is -0.0713. The molecule has 1 N–H and O–H groups in total. The Labute approximate surface area is 183 Å². The highest BCUT2D eigenvalue weighted by Crippen LogP contribution is 2.35. The first kappa shape index (κ1) is 21.8. The Morgan fingerprint density at radius 1 is 1.23 bits per heavy atom. The standard InChI is InChI=1S/C25H29FN2O3/c1-30-14-3-15-31-24-7-6-20(23(27-24)17-19-4-2-5-22(26)16-19)8-11-25(29)18-28-12-9-21(25)10-13-28/h2,4-7,16,21,29H,3,9-10,12-15,17-18H2,1H3. The molecule has 0 saturated carbocycles. The fraction of sp³-hybridized carbons (Fsp3) is 0.480. The molecule has 3 saturated heterocycles. The molecular formula is C25H29FN2O3. The molecule has 1 aromatic carbocycles. The summed E-state index contributed by atoms with van der Waals surface area (Å²) in [6.45, 7) is 3.79. The molecule has 3 aliphatic rings. The summed E-state index contributed by atoms with van der Waals surface area (Å²) in [4.78, 5) is 6.93. The zero-order valence-electron chi connectivity index (χ0n) is 17.9. The molecule has 0 amide bonds. The van der Waals surface area contributed by atoms with Gasteiger partial charge in [-0.3, -0.25) is 4.90 Å². The topological polar surface area (TPSA) is 54.8 Å². The minimum atomic E-state index is -0.984. The Morgan fingerprint density at radius 2 is 2.06 bits per heavy atom. The summed E-state index contributed by atoms with van der Waals surface area (Å²) in [6.07, 6.45) is 3.16. The third-order valence-electron chi connectivity index (χ3n) is 6.09. The largest absolute Gasteiger partial charge is 0.478 e. The van der Waals surface area contributed by atoms with Gasteiger partial charge < -0.3 is 14.6 Å². The molecular weight excluding hydrogens is 395 g/mol. The van der Waals surface area contributed by atoms with Gasteiger partial charge in [0.05, 0.1) is 12.3 Å². The second-order valence-electron chi connectivity index (χ2n) is 8.37. The number of hydrogen-bond acceptors (Lipinski definition) is 5. The van der Waals surface area contributed by atoms with Gasteiger partial charge in [0, 0.05) is 50.7 Å². The van der Waals surface area contributed by atoms with Gasteiger partial charge in [-0.1, -0.05) is 24.0 Å². The van der Waals surface area contributed by atoms with Crippen molar-refractivity contribution in [3.8, 4) is 17.7 Å². The highest BCUT2D eigenvalue weighted by atomic mass is 19.1. The highest BCUT2D eigenvalue weighted by molar-refractivity contribution is 5.44. The third-order valence-corrected chi connectivity index (χ3v) is 6.09. The Bertz CT molecular complexity index is 963. The van der Waals surface area contributed by atoms with Crippen molar-refractivity contribution < 1.29 is 19.0 Å². The van der Waals surface area contributed by atoms with E-state index < -0.39 is 5.60 Å². The Hall–Kier alpha value is -2.46. The van der Waals surface area contributed by atoms with E-state index in [-0.39, 0.29) is 11.7 Å². The van der Waals surface area contributed by atoms with E-state index in [0.717, 1.165) is 43.5 Å². The maximum Gasteiger partial charge on any atom is 0.213 e. The quantitative estimate of drug-likeness (QED) is 0.547. The van der Waals surface area contributed by atoms with Crippen molar-refractivity contribution in [3.05, 3.63) is 59.0 Å². The van der Waals surface area contributed by atoms with Crippen LogP contribution in [0.15, 0.2) is 36.4 Å². The highest BCUT2D eigenvalue weighted by Gasteiger charge is 2.44. The summed E-state index contributed by atoms with van der Waals surface area (Å²) >= 11 is 0. The van der Waals surface area contributed by atoms with Gasteiger partial charge in [-0.2, -0.15) is 0 Å². The van der Waals surface area contributed by atoms with Crippen LogP contribution in [-0.2, 0) is 11.2 Å². The van der Waals surface area contributed by atoms with Gasteiger partial charge in [-0.05, 0) is 49.7 Å². The number of nitrogens with zero attached hydrogens (tertiary/aromatic N) is 2. The summed E-state index contributed by atoms with van der Waals surface area (Å²) in [5, 5.41) is 11.1. The van der Waals surface area contributed by atoms with Crippen molar-refractivity contribution in [2.75, 3.05) is 40.0 Å². The number of aromatic nitrogens is 1. The molecule has 0 radical (unpaired) electrons. The molecule has 3 aliphatic heterocycles. The van der Waals surface area contributed by atoms with E-state index >= 15 is 0 Å². The number of rotatable bonds is 7. The first-order valence-electron chi connectivity index (χ1n) is 10.9. The minimum absolute atomic E-state index is 0.216. The monoisotopic (exact) mass is 424 g/mol. The van der Waals surface area contributed by atoms with Gasteiger partial charge in [0.15, 0.2) is 0 Å². The molecule has 1 aromatic heterocycles. The predicted molar refractivity (Wildman–Crippen MR) is 116 cm³/mol. The maximum atomic E-state index is 13.7. The molecule has 0 spiro atoms. The van der Waals surface area contributed by atoms with E-state index in [1.54, 1.807) is 19.2 Å². The molecule has 2 aromatic rings. The Kier molecular flexibility index (Phi) is 6.86. The summed E-state index contributed by atoms with van der Waals surface area (Å²) in [6, 6.07) is 10.2. The van der Waals surface area contributed by atoms with Crippen LogP contribution < -0.4 is 4.74 Å². The lowest BCUT2D eigenvalue weighted by atomic mass is 9.75. The molecule has 3 fully saturated rings. The number of aliphatic hydroxyl groups is 1. The molecule has 31 heavy (non-hydrogen) atoms. The van der Waals surface area contributed by atoms with E-state index in [1.807, 2.05) is 12.1 Å². The maximum absolute atomic E-state index is 13.7. The van der Waals surface area contributed by atoms with Crippen molar-refractivity contribution in [2.24, 2.45) is 5.92 Å². The van der Waals surface area contributed by atoms with Crippen molar-refractivity contribution in [1.82, 2.24) is 9.88 Å². The van der Waals surface area contributed by atoms with Gasteiger partial charge in [0.2, 0.25) is 5.88 Å². The normalized spacial score (nSPS) is 24.5. The molecule has 6 heteroatoms. The number of benzene rings is 1. The van der Waals surface area contributed by atoms with E-state index in [4.69, 9.17) is 9.47 Å². The van der Waals surface area contributed by atoms with Crippen LogP contribution in [-0.4, -0.2) is 60.5 Å². The second-order valence-corrected chi connectivity index (χ2v) is 8.37. The molecule has 4 heterocycles.